The number of halogens is 1. The lowest BCUT2D eigenvalue weighted by molar-refractivity contribution is 0.468. The van der Waals surface area contributed by atoms with Gasteiger partial charge in [0.15, 0.2) is 8.68 Å². The van der Waals surface area contributed by atoms with Gasteiger partial charge in [0.1, 0.15) is 0 Å². The quantitative estimate of drug-likeness (QED) is 0.867. The van der Waals surface area contributed by atoms with Crippen molar-refractivity contribution in [1.82, 2.24) is 14.3 Å². The standard InChI is InChI=1S/C10H10ClN3O2S2/c1-14(7-8-2-4-12-5-3-8)18(15,16)9-6-13-10(11)17-9/h2-6H,7H2,1H3. The Morgan fingerprint density at radius 1 is 1.39 bits per heavy atom. The largest absolute Gasteiger partial charge is 0.265 e. The number of pyridine rings is 1. The maximum Gasteiger partial charge on any atom is 0.254 e. The summed E-state index contributed by atoms with van der Waals surface area (Å²) in [5.41, 5.74) is 0.867. The minimum Gasteiger partial charge on any atom is -0.265 e. The number of rotatable bonds is 4. The second-order valence-electron chi connectivity index (χ2n) is 3.55. The van der Waals surface area contributed by atoms with Crippen molar-refractivity contribution < 1.29 is 8.42 Å². The molecule has 0 N–H and O–H groups in total. The fraction of sp³-hybridized carbons (Fsp3) is 0.200. The first-order valence-electron chi connectivity index (χ1n) is 4.97. The van der Waals surface area contributed by atoms with Crippen LogP contribution in [0, 0.1) is 0 Å². The lowest BCUT2D eigenvalue weighted by atomic mass is 10.3. The summed E-state index contributed by atoms with van der Waals surface area (Å²) < 4.78 is 26.0. The molecule has 0 aliphatic heterocycles. The molecule has 18 heavy (non-hydrogen) atoms. The van der Waals surface area contributed by atoms with Crippen molar-refractivity contribution in [2.45, 2.75) is 10.8 Å². The second kappa shape index (κ2) is 5.31. The first kappa shape index (κ1) is 13.4. The van der Waals surface area contributed by atoms with E-state index in [4.69, 9.17) is 11.6 Å². The number of hydrogen-bond acceptors (Lipinski definition) is 5. The van der Waals surface area contributed by atoms with Gasteiger partial charge in [0.25, 0.3) is 10.0 Å². The van der Waals surface area contributed by atoms with Crippen LogP contribution in [0.5, 0.6) is 0 Å². The maximum atomic E-state index is 12.2. The molecule has 0 atom stereocenters. The van der Waals surface area contributed by atoms with Crippen molar-refractivity contribution in [2.24, 2.45) is 0 Å². The Morgan fingerprint density at radius 3 is 2.61 bits per heavy atom. The van der Waals surface area contributed by atoms with Crippen LogP contribution in [0.3, 0.4) is 0 Å². The Morgan fingerprint density at radius 2 is 2.06 bits per heavy atom. The molecule has 0 aromatic carbocycles. The highest BCUT2D eigenvalue weighted by atomic mass is 35.5. The van der Waals surface area contributed by atoms with Gasteiger partial charge >= 0.3 is 0 Å². The van der Waals surface area contributed by atoms with Crippen LogP contribution in [0.15, 0.2) is 34.9 Å². The average molecular weight is 304 g/mol. The molecule has 2 aromatic rings. The predicted molar refractivity (Wildman–Crippen MR) is 70.0 cm³/mol. The Hall–Kier alpha value is -1.02. The van der Waals surface area contributed by atoms with Crippen molar-refractivity contribution >= 4 is 33.0 Å². The van der Waals surface area contributed by atoms with Gasteiger partial charge in [0.2, 0.25) is 0 Å². The van der Waals surface area contributed by atoms with Crippen LogP contribution in [0.1, 0.15) is 5.56 Å². The van der Waals surface area contributed by atoms with E-state index in [1.54, 1.807) is 24.5 Å². The van der Waals surface area contributed by atoms with Crippen LogP contribution in [0.4, 0.5) is 0 Å². The van der Waals surface area contributed by atoms with Gasteiger partial charge in [-0.05, 0) is 17.7 Å². The van der Waals surface area contributed by atoms with Gasteiger partial charge in [0, 0.05) is 26.0 Å². The minimum absolute atomic E-state index is 0.143. The first-order chi connectivity index (χ1) is 8.50. The van der Waals surface area contributed by atoms with E-state index in [9.17, 15) is 8.42 Å². The normalized spacial score (nSPS) is 11.9. The zero-order chi connectivity index (χ0) is 13.2. The molecule has 0 unspecified atom stereocenters. The zero-order valence-corrected chi connectivity index (χ0v) is 11.8. The third-order valence-electron chi connectivity index (χ3n) is 2.28. The molecule has 0 fully saturated rings. The third-order valence-corrected chi connectivity index (χ3v) is 5.63. The highest BCUT2D eigenvalue weighted by molar-refractivity contribution is 7.91. The first-order valence-corrected chi connectivity index (χ1v) is 7.60. The average Bonchev–Trinajstić information content (AvgIpc) is 2.78. The Kier molecular flexibility index (Phi) is 3.96. The molecule has 5 nitrogen and oxygen atoms in total. The molecule has 0 aliphatic carbocycles. The highest BCUT2D eigenvalue weighted by Crippen LogP contribution is 2.25. The van der Waals surface area contributed by atoms with E-state index in [-0.39, 0.29) is 15.2 Å². The third kappa shape index (κ3) is 2.86. The molecule has 0 saturated heterocycles. The second-order valence-corrected chi connectivity index (χ2v) is 7.43. The van der Waals surface area contributed by atoms with E-state index in [0.717, 1.165) is 16.9 Å². The number of nitrogens with zero attached hydrogens (tertiary/aromatic N) is 3. The van der Waals surface area contributed by atoms with Gasteiger partial charge in [-0.25, -0.2) is 13.4 Å². The van der Waals surface area contributed by atoms with Gasteiger partial charge < -0.3 is 0 Å². The van der Waals surface area contributed by atoms with Crippen molar-refractivity contribution in [3.05, 3.63) is 40.8 Å². The Bertz CT molecular complexity index is 628. The molecule has 2 heterocycles. The molecule has 0 saturated carbocycles. The zero-order valence-electron chi connectivity index (χ0n) is 9.45. The van der Waals surface area contributed by atoms with Crippen LogP contribution in [-0.2, 0) is 16.6 Å². The molecule has 0 spiro atoms. The van der Waals surface area contributed by atoms with Gasteiger partial charge in [-0.1, -0.05) is 22.9 Å². The van der Waals surface area contributed by atoms with Gasteiger partial charge in [-0.3, -0.25) is 4.98 Å². The van der Waals surface area contributed by atoms with Gasteiger partial charge in [-0.2, -0.15) is 4.31 Å². The van der Waals surface area contributed by atoms with E-state index < -0.39 is 10.0 Å². The molecule has 0 aliphatic rings. The van der Waals surface area contributed by atoms with Crippen LogP contribution >= 0.6 is 22.9 Å². The summed E-state index contributed by atoms with van der Waals surface area (Å²) in [5, 5.41) is 0. The topological polar surface area (TPSA) is 63.2 Å². The molecule has 8 heteroatoms. The summed E-state index contributed by atoms with van der Waals surface area (Å²) in [6, 6.07) is 3.54. The molecule has 0 radical (unpaired) electrons. The number of sulfonamides is 1. The fourth-order valence-corrected chi connectivity index (χ4v) is 4.01. The van der Waals surface area contributed by atoms with E-state index in [0.29, 0.717) is 0 Å². The lowest BCUT2D eigenvalue weighted by Crippen LogP contribution is -2.25. The number of aromatic nitrogens is 2. The molecule has 96 valence electrons. The van der Waals surface area contributed by atoms with Crippen molar-refractivity contribution in [3.63, 3.8) is 0 Å². The predicted octanol–water partition coefficient (Wildman–Crippen LogP) is 2.01. The monoisotopic (exact) mass is 303 g/mol. The number of thiazole rings is 1. The van der Waals surface area contributed by atoms with E-state index in [1.807, 2.05) is 0 Å². The fourth-order valence-electron chi connectivity index (χ4n) is 1.34. The van der Waals surface area contributed by atoms with Crippen molar-refractivity contribution in [1.29, 1.82) is 0 Å². The highest BCUT2D eigenvalue weighted by Gasteiger charge is 2.23. The van der Waals surface area contributed by atoms with Crippen molar-refractivity contribution in [3.8, 4) is 0 Å². The molecule has 0 amide bonds. The van der Waals surface area contributed by atoms with E-state index in [2.05, 4.69) is 9.97 Å². The molecule has 2 aromatic heterocycles. The molecule has 2 rings (SSSR count). The smallest absolute Gasteiger partial charge is 0.254 e. The SMILES string of the molecule is CN(Cc1ccncc1)S(=O)(=O)c1cnc(Cl)s1. The van der Waals surface area contributed by atoms with Crippen LogP contribution in [0.25, 0.3) is 0 Å². The molecule has 0 bridgehead atoms. The van der Waals surface area contributed by atoms with E-state index in [1.165, 1.54) is 17.5 Å². The van der Waals surface area contributed by atoms with Crippen LogP contribution in [-0.4, -0.2) is 29.7 Å². The van der Waals surface area contributed by atoms with E-state index >= 15 is 0 Å². The summed E-state index contributed by atoms with van der Waals surface area (Å²) >= 11 is 6.59. The molecular formula is C10H10ClN3O2S2. The summed E-state index contributed by atoms with van der Waals surface area (Å²) in [6.07, 6.45) is 4.52. The van der Waals surface area contributed by atoms with Gasteiger partial charge in [0.05, 0.1) is 6.20 Å². The number of hydrogen-bond donors (Lipinski definition) is 0. The summed E-state index contributed by atoms with van der Waals surface area (Å²) in [6.45, 7) is 0.278. The summed E-state index contributed by atoms with van der Waals surface area (Å²) in [7, 11) is -2.01. The Labute approximate surface area is 114 Å². The van der Waals surface area contributed by atoms with Crippen LogP contribution < -0.4 is 0 Å². The maximum absolute atomic E-state index is 12.2. The Balaban J connectivity index is 2.21. The minimum atomic E-state index is -3.53. The van der Waals surface area contributed by atoms with Crippen molar-refractivity contribution in [2.75, 3.05) is 7.05 Å². The van der Waals surface area contributed by atoms with Crippen LogP contribution in [0.2, 0.25) is 4.47 Å². The summed E-state index contributed by atoms with van der Waals surface area (Å²) in [4.78, 5) is 7.62. The summed E-state index contributed by atoms with van der Waals surface area (Å²) in [5.74, 6) is 0. The lowest BCUT2D eigenvalue weighted by Gasteiger charge is -2.15. The van der Waals surface area contributed by atoms with Gasteiger partial charge in [-0.15, -0.1) is 0 Å². The molecular weight excluding hydrogens is 294 g/mol.